The number of aliphatic imine (C=N–C) groups is 1. The van der Waals surface area contributed by atoms with Crippen molar-refractivity contribution in [2.45, 2.75) is 32.7 Å². The van der Waals surface area contributed by atoms with Crippen LogP contribution in [0.1, 0.15) is 29.7 Å². The normalized spacial score (nSPS) is 11.5. The molecule has 0 aliphatic heterocycles. The molecule has 0 atom stereocenters. The van der Waals surface area contributed by atoms with Crippen LogP contribution < -0.4 is 10.6 Å². The third-order valence-corrected chi connectivity index (χ3v) is 4.90. The number of benzene rings is 2. The highest BCUT2D eigenvalue weighted by Gasteiger charge is 2.07. The third kappa shape index (κ3) is 7.90. The Morgan fingerprint density at radius 1 is 1.00 bits per heavy atom. The predicted molar refractivity (Wildman–Crippen MR) is 125 cm³/mol. The number of nitrogens with one attached hydrogen (secondary N) is 2. The predicted octanol–water partition coefficient (Wildman–Crippen LogP) is 4.35. The highest BCUT2D eigenvalue weighted by molar-refractivity contribution is 5.79. The lowest BCUT2D eigenvalue weighted by atomic mass is 10.1. The Morgan fingerprint density at radius 3 is 2.58 bits per heavy atom. The molecule has 31 heavy (non-hydrogen) atoms. The minimum absolute atomic E-state index is 0.553. The summed E-state index contributed by atoms with van der Waals surface area (Å²) in [5, 5.41) is 6.60. The molecular weight excluding hydrogens is 388 g/mol. The zero-order valence-electron chi connectivity index (χ0n) is 18.4. The average Bonchev–Trinajstić information content (AvgIpc) is 3.28. The van der Waals surface area contributed by atoms with Crippen LogP contribution in [0.25, 0.3) is 11.5 Å². The monoisotopic (exact) mass is 420 g/mol. The second kappa shape index (κ2) is 12.5. The molecule has 0 bridgehead atoms. The van der Waals surface area contributed by atoms with Crippen LogP contribution >= 0.6 is 0 Å². The van der Waals surface area contributed by atoms with Crippen molar-refractivity contribution in [2.24, 2.45) is 4.99 Å². The number of ether oxygens (including phenoxy) is 1. The molecule has 0 aliphatic carbocycles. The van der Waals surface area contributed by atoms with Gasteiger partial charge in [0.1, 0.15) is 6.26 Å². The fraction of sp³-hybridized carbons (Fsp3) is 0.360. The van der Waals surface area contributed by atoms with Crippen LogP contribution in [0.3, 0.4) is 0 Å². The topological polar surface area (TPSA) is 71.7 Å². The van der Waals surface area contributed by atoms with E-state index in [0.29, 0.717) is 12.4 Å². The molecule has 6 nitrogen and oxygen atoms in total. The molecule has 2 N–H and O–H groups in total. The fourth-order valence-corrected chi connectivity index (χ4v) is 3.08. The van der Waals surface area contributed by atoms with Crippen molar-refractivity contribution in [1.82, 2.24) is 15.6 Å². The number of nitrogens with zero attached hydrogens (tertiary/aromatic N) is 2. The lowest BCUT2D eigenvalue weighted by molar-refractivity contribution is 0.133. The number of oxazole rings is 1. The Bertz CT molecular complexity index is 920. The van der Waals surface area contributed by atoms with E-state index in [2.05, 4.69) is 63.9 Å². The van der Waals surface area contributed by atoms with E-state index >= 15 is 0 Å². The van der Waals surface area contributed by atoms with Gasteiger partial charge in [0.2, 0.25) is 5.89 Å². The summed E-state index contributed by atoms with van der Waals surface area (Å²) in [6.45, 7) is 5.00. The van der Waals surface area contributed by atoms with Crippen LogP contribution in [-0.4, -0.2) is 37.7 Å². The standard InChI is InChI=1S/C25H32N4O2/c1-20-10-12-22(13-11-20)24-29-23(19-31-24)18-28-25(26-2)27-15-6-7-16-30-17-14-21-8-4-3-5-9-21/h3-5,8-13,19H,6-7,14-18H2,1-2H3,(H2,26,27,28). The molecule has 1 heterocycles. The van der Waals surface area contributed by atoms with Gasteiger partial charge in [0, 0.05) is 25.8 Å². The van der Waals surface area contributed by atoms with Gasteiger partial charge in [-0.15, -0.1) is 0 Å². The number of aryl methyl sites for hydroxylation is 1. The van der Waals surface area contributed by atoms with Crippen molar-refractivity contribution < 1.29 is 9.15 Å². The van der Waals surface area contributed by atoms with Crippen molar-refractivity contribution in [3.05, 3.63) is 77.7 Å². The smallest absolute Gasteiger partial charge is 0.226 e. The maximum atomic E-state index is 5.73. The van der Waals surface area contributed by atoms with Crippen molar-refractivity contribution >= 4 is 5.96 Å². The van der Waals surface area contributed by atoms with E-state index in [0.717, 1.165) is 56.2 Å². The Balaban J connectivity index is 1.27. The summed E-state index contributed by atoms with van der Waals surface area (Å²) in [6, 6.07) is 18.6. The molecule has 0 fully saturated rings. The van der Waals surface area contributed by atoms with Gasteiger partial charge in [0.05, 0.1) is 18.8 Å². The van der Waals surface area contributed by atoms with Crippen LogP contribution in [-0.2, 0) is 17.7 Å². The summed E-state index contributed by atoms with van der Waals surface area (Å²) in [5.74, 6) is 1.39. The Hall–Kier alpha value is -3.12. The third-order valence-electron chi connectivity index (χ3n) is 4.90. The number of guanidine groups is 1. The number of aromatic nitrogens is 1. The minimum Gasteiger partial charge on any atom is -0.444 e. The average molecular weight is 421 g/mol. The van der Waals surface area contributed by atoms with Gasteiger partial charge in [-0.3, -0.25) is 4.99 Å². The van der Waals surface area contributed by atoms with Crippen LogP contribution in [0.4, 0.5) is 0 Å². The molecule has 6 heteroatoms. The summed E-state index contributed by atoms with van der Waals surface area (Å²) < 4.78 is 11.3. The largest absolute Gasteiger partial charge is 0.444 e. The first-order chi connectivity index (χ1) is 15.2. The quantitative estimate of drug-likeness (QED) is 0.274. The molecular formula is C25H32N4O2. The Morgan fingerprint density at radius 2 is 1.81 bits per heavy atom. The van der Waals surface area contributed by atoms with E-state index in [-0.39, 0.29) is 0 Å². The van der Waals surface area contributed by atoms with Crippen molar-refractivity contribution in [3.63, 3.8) is 0 Å². The van der Waals surface area contributed by atoms with E-state index in [4.69, 9.17) is 9.15 Å². The molecule has 0 unspecified atom stereocenters. The zero-order valence-corrected chi connectivity index (χ0v) is 18.4. The molecule has 0 saturated heterocycles. The molecule has 1 aromatic heterocycles. The van der Waals surface area contributed by atoms with Gasteiger partial charge in [-0.05, 0) is 43.9 Å². The first-order valence-electron chi connectivity index (χ1n) is 10.8. The molecule has 0 amide bonds. The highest BCUT2D eigenvalue weighted by Crippen LogP contribution is 2.18. The van der Waals surface area contributed by atoms with E-state index < -0.39 is 0 Å². The molecule has 3 aromatic rings. The summed E-state index contributed by atoms with van der Waals surface area (Å²) in [4.78, 5) is 8.81. The molecule has 0 aliphatic rings. The molecule has 3 rings (SSSR count). The molecule has 2 aromatic carbocycles. The number of hydrogen-bond acceptors (Lipinski definition) is 4. The zero-order chi connectivity index (χ0) is 21.7. The first kappa shape index (κ1) is 22.6. The van der Waals surface area contributed by atoms with Gasteiger partial charge in [-0.25, -0.2) is 4.98 Å². The van der Waals surface area contributed by atoms with E-state index in [1.54, 1.807) is 13.3 Å². The van der Waals surface area contributed by atoms with Crippen LogP contribution in [0.5, 0.6) is 0 Å². The van der Waals surface area contributed by atoms with Gasteiger partial charge >= 0.3 is 0 Å². The molecule has 0 saturated carbocycles. The maximum absolute atomic E-state index is 5.73. The number of hydrogen-bond donors (Lipinski definition) is 2. The van der Waals surface area contributed by atoms with Gasteiger partial charge in [-0.2, -0.15) is 0 Å². The SMILES string of the molecule is CN=C(NCCCCOCCc1ccccc1)NCc1coc(-c2ccc(C)cc2)n1. The van der Waals surface area contributed by atoms with Gasteiger partial charge in [0.25, 0.3) is 0 Å². The van der Waals surface area contributed by atoms with Crippen molar-refractivity contribution in [2.75, 3.05) is 26.8 Å². The fourth-order valence-electron chi connectivity index (χ4n) is 3.08. The summed E-state index contributed by atoms with van der Waals surface area (Å²) in [7, 11) is 1.77. The molecule has 164 valence electrons. The van der Waals surface area contributed by atoms with Crippen molar-refractivity contribution in [3.8, 4) is 11.5 Å². The van der Waals surface area contributed by atoms with Gasteiger partial charge < -0.3 is 19.8 Å². The first-order valence-corrected chi connectivity index (χ1v) is 10.8. The Labute approximate surface area is 184 Å². The van der Waals surface area contributed by atoms with Crippen LogP contribution in [0.15, 0.2) is 70.3 Å². The Kier molecular flexibility index (Phi) is 9.13. The second-order valence-electron chi connectivity index (χ2n) is 7.42. The van der Waals surface area contributed by atoms with Crippen LogP contribution in [0, 0.1) is 6.92 Å². The number of unbranched alkanes of at least 4 members (excludes halogenated alkanes) is 1. The van der Waals surface area contributed by atoms with Crippen molar-refractivity contribution in [1.29, 1.82) is 0 Å². The van der Waals surface area contributed by atoms with Crippen LogP contribution in [0.2, 0.25) is 0 Å². The van der Waals surface area contributed by atoms with Gasteiger partial charge in [-0.1, -0.05) is 48.0 Å². The minimum atomic E-state index is 0.553. The summed E-state index contributed by atoms with van der Waals surface area (Å²) in [6.07, 6.45) is 4.68. The lowest BCUT2D eigenvalue weighted by Gasteiger charge is -2.11. The molecule has 0 radical (unpaired) electrons. The summed E-state index contributed by atoms with van der Waals surface area (Å²) >= 11 is 0. The summed E-state index contributed by atoms with van der Waals surface area (Å²) in [5.41, 5.74) is 4.35. The van der Waals surface area contributed by atoms with E-state index in [9.17, 15) is 0 Å². The van der Waals surface area contributed by atoms with E-state index in [1.807, 2.05) is 18.2 Å². The lowest BCUT2D eigenvalue weighted by Crippen LogP contribution is -2.37. The highest BCUT2D eigenvalue weighted by atomic mass is 16.5. The number of rotatable bonds is 11. The van der Waals surface area contributed by atoms with E-state index in [1.165, 1.54) is 11.1 Å². The second-order valence-corrected chi connectivity index (χ2v) is 7.42. The maximum Gasteiger partial charge on any atom is 0.226 e. The molecule has 0 spiro atoms. The van der Waals surface area contributed by atoms with Gasteiger partial charge in [0.15, 0.2) is 5.96 Å².